The maximum atomic E-state index is 12.6. The number of hydrogen-bond donors (Lipinski definition) is 2. The first-order valence-corrected chi connectivity index (χ1v) is 8.78. The Balaban J connectivity index is 1.36. The summed E-state index contributed by atoms with van der Waals surface area (Å²) in [5.41, 5.74) is 2.56. The summed E-state index contributed by atoms with van der Waals surface area (Å²) in [4.78, 5) is 49.3. The molecule has 1 saturated heterocycles. The molecular formula is C19H19N5O3. The number of amides is 2. The molecule has 1 aliphatic rings. The van der Waals surface area contributed by atoms with Gasteiger partial charge in [-0.1, -0.05) is 6.07 Å². The Hall–Kier alpha value is -3.42. The van der Waals surface area contributed by atoms with Crippen LogP contribution in [0.5, 0.6) is 0 Å². The number of rotatable bonds is 3. The van der Waals surface area contributed by atoms with Crippen LogP contribution in [-0.4, -0.2) is 62.7 Å². The third kappa shape index (κ3) is 3.59. The molecule has 3 heterocycles. The average molecular weight is 365 g/mol. The van der Waals surface area contributed by atoms with Crippen LogP contribution >= 0.6 is 0 Å². The minimum absolute atomic E-state index is 0.0145. The maximum Gasteiger partial charge on any atom is 0.323 e. The molecule has 0 atom stereocenters. The van der Waals surface area contributed by atoms with Gasteiger partial charge in [0.05, 0.1) is 23.0 Å². The average Bonchev–Trinajstić information content (AvgIpc) is 3.07. The van der Waals surface area contributed by atoms with Crippen LogP contribution in [0.25, 0.3) is 11.0 Å². The first-order valence-electron chi connectivity index (χ1n) is 8.78. The van der Waals surface area contributed by atoms with Crippen LogP contribution in [0, 0.1) is 0 Å². The standard InChI is InChI=1S/C19H19N5O3/c25-17(11-13-3-4-15-16(10-13)22-19(27)21-15)23-6-8-24(9-7-23)18(26)14-2-1-5-20-12-14/h1-5,10,12H,6-9,11H2,(H2,21,22,27). The largest absolute Gasteiger partial charge is 0.339 e. The van der Waals surface area contributed by atoms with E-state index in [0.29, 0.717) is 37.3 Å². The Labute approximate surface area is 154 Å². The number of aromatic amines is 2. The van der Waals surface area contributed by atoms with Crippen molar-refractivity contribution in [1.29, 1.82) is 0 Å². The number of piperazine rings is 1. The molecule has 0 radical (unpaired) electrons. The van der Waals surface area contributed by atoms with Gasteiger partial charge in [-0.05, 0) is 29.8 Å². The van der Waals surface area contributed by atoms with Crippen molar-refractivity contribution in [3.8, 4) is 0 Å². The van der Waals surface area contributed by atoms with E-state index in [1.807, 2.05) is 12.1 Å². The Bertz CT molecular complexity index is 1030. The molecule has 0 aliphatic carbocycles. The number of carbonyl (C=O) groups is 2. The monoisotopic (exact) mass is 365 g/mol. The minimum Gasteiger partial charge on any atom is -0.339 e. The summed E-state index contributed by atoms with van der Waals surface area (Å²) < 4.78 is 0. The highest BCUT2D eigenvalue weighted by Gasteiger charge is 2.25. The van der Waals surface area contributed by atoms with Crippen LogP contribution in [-0.2, 0) is 11.2 Å². The Morgan fingerprint density at radius 3 is 2.48 bits per heavy atom. The lowest BCUT2D eigenvalue weighted by Gasteiger charge is -2.34. The first kappa shape index (κ1) is 17.0. The fourth-order valence-electron chi connectivity index (χ4n) is 3.31. The fraction of sp³-hybridized carbons (Fsp3) is 0.263. The predicted molar refractivity (Wildman–Crippen MR) is 99.3 cm³/mol. The van der Waals surface area contributed by atoms with Gasteiger partial charge in [-0.2, -0.15) is 0 Å². The van der Waals surface area contributed by atoms with Crippen molar-refractivity contribution in [2.75, 3.05) is 26.2 Å². The predicted octanol–water partition coefficient (Wildman–Crippen LogP) is 0.778. The smallest absolute Gasteiger partial charge is 0.323 e. The number of fused-ring (bicyclic) bond motifs is 1. The zero-order chi connectivity index (χ0) is 18.8. The van der Waals surface area contributed by atoms with Crippen molar-refractivity contribution in [2.45, 2.75) is 6.42 Å². The van der Waals surface area contributed by atoms with E-state index in [0.717, 1.165) is 11.1 Å². The number of hydrogen-bond acceptors (Lipinski definition) is 4. The van der Waals surface area contributed by atoms with Crippen molar-refractivity contribution >= 4 is 22.8 Å². The van der Waals surface area contributed by atoms with Crippen LogP contribution < -0.4 is 5.69 Å². The van der Waals surface area contributed by atoms with Gasteiger partial charge in [0, 0.05) is 38.6 Å². The van der Waals surface area contributed by atoms with E-state index in [1.165, 1.54) is 0 Å². The summed E-state index contributed by atoms with van der Waals surface area (Å²) in [5, 5.41) is 0. The highest BCUT2D eigenvalue weighted by atomic mass is 16.2. The minimum atomic E-state index is -0.261. The van der Waals surface area contributed by atoms with Crippen molar-refractivity contribution in [1.82, 2.24) is 24.8 Å². The maximum absolute atomic E-state index is 12.6. The third-order valence-electron chi connectivity index (χ3n) is 4.76. The van der Waals surface area contributed by atoms with Gasteiger partial charge in [-0.25, -0.2) is 4.79 Å². The zero-order valence-corrected chi connectivity index (χ0v) is 14.6. The molecule has 138 valence electrons. The highest BCUT2D eigenvalue weighted by molar-refractivity contribution is 5.94. The lowest BCUT2D eigenvalue weighted by Crippen LogP contribution is -2.51. The summed E-state index contributed by atoms with van der Waals surface area (Å²) in [5.74, 6) is -0.0437. The van der Waals surface area contributed by atoms with Gasteiger partial charge in [0.25, 0.3) is 5.91 Å². The lowest BCUT2D eigenvalue weighted by atomic mass is 10.1. The number of pyridine rings is 1. The summed E-state index contributed by atoms with van der Waals surface area (Å²) in [7, 11) is 0. The Kier molecular flexibility index (Phi) is 4.45. The van der Waals surface area contributed by atoms with Crippen LogP contribution in [0.3, 0.4) is 0 Å². The van der Waals surface area contributed by atoms with Gasteiger partial charge in [0.15, 0.2) is 0 Å². The van der Waals surface area contributed by atoms with E-state index >= 15 is 0 Å². The van der Waals surface area contributed by atoms with Gasteiger partial charge < -0.3 is 19.8 Å². The fourth-order valence-corrected chi connectivity index (χ4v) is 3.31. The van der Waals surface area contributed by atoms with Crippen molar-refractivity contribution in [3.05, 3.63) is 64.3 Å². The van der Waals surface area contributed by atoms with Crippen LogP contribution in [0.15, 0.2) is 47.5 Å². The molecule has 8 nitrogen and oxygen atoms in total. The molecule has 4 rings (SSSR count). The summed E-state index contributed by atoms with van der Waals surface area (Å²) in [6.45, 7) is 2.02. The number of carbonyl (C=O) groups excluding carboxylic acids is 2. The first-order chi connectivity index (χ1) is 13.1. The topological polar surface area (TPSA) is 102 Å². The van der Waals surface area contributed by atoms with E-state index in [2.05, 4.69) is 15.0 Å². The summed E-state index contributed by atoms with van der Waals surface area (Å²) in [6.07, 6.45) is 3.45. The lowest BCUT2D eigenvalue weighted by molar-refractivity contribution is -0.131. The number of H-pyrrole nitrogens is 2. The normalized spacial score (nSPS) is 14.5. The number of nitrogens with zero attached hydrogens (tertiary/aromatic N) is 3. The van der Waals surface area contributed by atoms with Crippen molar-refractivity contribution < 1.29 is 9.59 Å². The van der Waals surface area contributed by atoms with E-state index in [9.17, 15) is 14.4 Å². The molecule has 2 amide bonds. The van der Waals surface area contributed by atoms with Gasteiger partial charge in [-0.3, -0.25) is 14.6 Å². The van der Waals surface area contributed by atoms with E-state index in [-0.39, 0.29) is 23.9 Å². The van der Waals surface area contributed by atoms with Gasteiger partial charge in [0.2, 0.25) is 5.91 Å². The number of aromatic nitrogens is 3. The molecule has 0 spiro atoms. The van der Waals surface area contributed by atoms with E-state index in [4.69, 9.17) is 0 Å². The third-order valence-corrected chi connectivity index (χ3v) is 4.76. The molecule has 2 aromatic heterocycles. The molecule has 2 N–H and O–H groups in total. The molecule has 0 unspecified atom stereocenters. The number of benzene rings is 1. The van der Waals surface area contributed by atoms with Crippen LogP contribution in [0.1, 0.15) is 15.9 Å². The molecule has 0 saturated carbocycles. The number of nitrogens with one attached hydrogen (secondary N) is 2. The van der Waals surface area contributed by atoms with Gasteiger partial charge in [0.1, 0.15) is 0 Å². The van der Waals surface area contributed by atoms with E-state index in [1.54, 1.807) is 40.4 Å². The quantitative estimate of drug-likeness (QED) is 0.716. The highest BCUT2D eigenvalue weighted by Crippen LogP contribution is 2.13. The van der Waals surface area contributed by atoms with Gasteiger partial charge in [-0.15, -0.1) is 0 Å². The summed E-state index contributed by atoms with van der Waals surface area (Å²) >= 11 is 0. The Morgan fingerprint density at radius 1 is 1.00 bits per heavy atom. The second kappa shape index (κ2) is 7.06. The van der Waals surface area contributed by atoms with Gasteiger partial charge >= 0.3 is 5.69 Å². The molecule has 1 aromatic carbocycles. The second-order valence-corrected chi connectivity index (χ2v) is 6.55. The zero-order valence-electron chi connectivity index (χ0n) is 14.6. The summed E-state index contributed by atoms with van der Waals surface area (Å²) in [6, 6.07) is 8.93. The van der Waals surface area contributed by atoms with Crippen LogP contribution in [0.2, 0.25) is 0 Å². The number of imidazole rings is 1. The molecule has 1 fully saturated rings. The van der Waals surface area contributed by atoms with Crippen molar-refractivity contribution in [2.24, 2.45) is 0 Å². The van der Waals surface area contributed by atoms with Crippen molar-refractivity contribution in [3.63, 3.8) is 0 Å². The van der Waals surface area contributed by atoms with E-state index < -0.39 is 0 Å². The molecule has 3 aromatic rings. The molecule has 0 bridgehead atoms. The molecule has 1 aliphatic heterocycles. The Morgan fingerprint density at radius 2 is 1.74 bits per heavy atom. The molecule has 27 heavy (non-hydrogen) atoms. The SMILES string of the molecule is O=C(Cc1ccc2[nH]c(=O)[nH]c2c1)N1CCN(C(=O)c2cccnc2)CC1. The molecular weight excluding hydrogens is 346 g/mol. The molecule has 8 heteroatoms. The van der Waals surface area contributed by atoms with Crippen LogP contribution in [0.4, 0.5) is 0 Å². The second-order valence-electron chi connectivity index (χ2n) is 6.55.